The van der Waals surface area contributed by atoms with Crippen molar-refractivity contribution in [2.75, 3.05) is 20.2 Å². The number of hydrogen-bond donors (Lipinski definition) is 2. The highest BCUT2D eigenvalue weighted by Gasteiger charge is 2.39. The average Bonchev–Trinajstić information content (AvgIpc) is 3.11. The molecule has 0 aromatic heterocycles. The van der Waals surface area contributed by atoms with E-state index in [1.165, 1.54) is 11.6 Å². The molecular weight excluding hydrogens is 576 g/mol. The van der Waals surface area contributed by atoms with E-state index >= 15 is 0 Å². The molecule has 1 aliphatic rings. The summed E-state index contributed by atoms with van der Waals surface area (Å²) in [5.74, 6) is 0.0892. The molecule has 5 atom stereocenters. The van der Waals surface area contributed by atoms with Gasteiger partial charge in [-0.05, 0) is 53.4 Å². The normalized spacial score (nSPS) is 20.2. The SMILES string of the molecule is C=CCOC(=O)NCc1cccc(-c2ccc([C@H]3O[C@@H](CN(C)[C@@H](C)c4ccccc4)[C@@H](C)[C@@H](c4ccc(CO)cc4)O3)cc2)c1. The topological polar surface area (TPSA) is 80.3 Å². The second kappa shape index (κ2) is 15.8. The third kappa shape index (κ3) is 8.30. The number of aliphatic hydroxyl groups excluding tert-OH is 1. The van der Waals surface area contributed by atoms with Crippen LogP contribution >= 0.6 is 0 Å². The molecule has 1 aliphatic heterocycles. The highest BCUT2D eigenvalue weighted by molar-refractivity contribution is 5.68. The van der Waals surface area contributed by atoms with Crippen molar-refractivity contribution < 1.29 is 24.1 Å². The van der Waals surface area contributed by atoms with Gasteiger partial charge in [0.15, 0.2) is 6.29 Å². The molecule has 7 heteroatoms. The molecule has 2 N–H and O–H groups in total. The van der Waals surface area contributed by atoms with E-state index in [9.17, 15) is 9.90 Å². The number of hydrogen-bond acceptors (Lipinski definition) is 6. The van der Waals surface area contributed by atoms with E-state index in [4.69, 9.17) is 14.2 Å². The maximum absolute atomic E-state index is 11.8. The van der Waals surface area contributed by atoms with Crippen LogP contribution in [-0.4, -0.2) is 42.4 Å². The predicted octanol–water partition coefficient (Wildman–Crippen LogP) is 7.74. The Morgan fingerprint density at radius 3 is 2.35 bits per heavy atom. The Hall–Kier alpha value is -4.27. The fourth-order valence-corrected chi connectivity index (χ4v) is 5.81. The molecule has 5 rings (SSSR count). The zero-order valence-electron chi connectivity index (χ0n) is 26.8. The minimum atomic E-state index is -0.546. The molecule has 0 spiro atoms. The Bertz CT molecular complexity index is 1560. The molecule has 4 aromatic carbocycles. The van der Waals surface area contributed by atoms with Crippen molar-refractivity contribution in [3.63, 3.8) is 0 Å². The van der Waals surface area contributed by atoms with Crippen LogP contribution in [-0.2, 0) is 27.4 Å². The molecule has 7 nitrogen and oxygen atoms in total. The Kier molecular flexibility index (Phi) is 11.4. The summed E-state index contributed by atoms with van der Waals surface area (Å²) in [6.07, 6.45) is 0.251. The van der Waals surface area contributed by atoms with Crippen LogP contribution in [0.1, 0.15) is 60.1 Å². The Labute approximate surface area is 272 Å². The maximum atomic E-state index is 11.8. The summed E-state index contributed by atoms with van der Waals surface area (Å²) in [4.78, 5) is 14.2. The van der Waals surface area contributed by atoms with Crippen molar-refractivity contribution in [2.24, 2.45) is 5.92 Å². The summed E-state index contributed by atoms with van der Waals surface area (Å²) in [5, 5.41) is 12.4. The van der Waals surface area contributed by atoms with Gasteiger partial charge in [0.25, 0.3) is 0 Å². The zero-order valence-corrected chi connectivity index (χ0v) is 26.8. The van der Waals surface area contributed by atoms with Crippen LogP contribution in [0.4, 0.5) is 4.79 Å². The molecule has 4 aromatic rings. The van der Waals surface area contributed by atoms with E-state index in [1.807, 2.05) is 42.5 Å². The van der Waals surface area contributed by atoms with Crippen molar-refractivity contribution in [3.05, 3.63) is 144 Å². The number of nitrogens with one attached hydrogen (secondary N) is 1. The van der Waals surface area contributed by atoms with Gasteiger partial charge in [-0.15, -0.1) is 0 Å². The maximum Gasteiger partial charge on any atom is 0.407 e. The predicted molar refractivity (Wildman–Crippen MR) is 181 cm³/mol. The van der Waals surface area contributed by atoms with E-state index in [1.54, 1.807) is 0 Å². The molecule has 1 amide bonds. The smallest absolute Gasteiger partial charge is 0.407 e. The van der Waals surface area contributed by atoms with E-state index in [0.29, 0.717) is 6.54 Å². The van der Waals surface area contributed by atoms with Crippen LogP contribution in [0.25, 0.3) is 11.1 Å². The Morgan fingerprint density at radius 1 is 0.935 bits per heavy atom. The van der Waals surface area contributed by atoms with Gasteiger partial charge in [-0.25, -0.2) is 4.79 Å². The summed E-state index contributed by atoms with van der Waals surface area (Å²) in [6, 6.07) is 35.1. The summed E-state index contributed by atoms with van der Waals surface area (Å²) in [6.45, 7) is 9.26. The van der Waals surface area contributed by atoms with Gasteiger partial charge in [0.1, 0.15) is 6.61 Å². The molecule has 1 saturated heterocycles. The lowest BCUT2D eigenvalue weighted by Gasteiger charge is -2.43. The van der Waals surface area contributed by atoms with Crippen LogP contribution in [0.2, 0.25) is 0 Å². The first kappa shape index (κ1) is 33.1. The first-order chi connectivity index (χ1) is 22.4. The minimum absolute atomic E-state index is 0.00588. The number of ether oxygens (including phenoxy) is 3. The van der Waals surface area contributed by atoms with Crippen LogP contribution in [0.5, 0.6) is 0 Å². The summed E-state index contributed by atoms with van der Waals surface area (Å²) < 4.78 is 18.4. The van der Waals surface area contributed by atoms with Gasteiger partial charge in [-0.2, -0.15) is 0 Å². The lowest BCUT2D eigenvalue weighted by atomic mass is 9.89. The number of amides is 1. The van der Waals surface area contributed by atoms with Gasteiger partial charge >= 0.3 is 6.09 Å². The van der Waals surface area contributed by atoms with Crippen molar-refractivity contribution >= 4 is 6.09 Å². The number of rotatable bonds is 12. The molecule has 0 bridgehead atoms. The zero-order chi connectivity index (χ0) is 32.5. The average molecular weight is 621 g/mol. The number of carbonyl (C=O) groups excluding carboxylic acids is 1. The summed E-state index contributed by atoms with van der Waals surface area (Å²) in [5.41, 5.74) is 7.21. The van der Waals surface area contributed by atoms with E-state index in [0.717, 1.165) is 39.9 Å². The van der Waals surface area contributed by atoms with Gasteiger partial charge < -0.3 is 24.6 Å². The lowest BCUT2D eigenvalue weighted by molar-refractivity contribution is -0.276. The highest BCUT2D eigenvalue weighted by atomic mass is 16.7. The van der Waals surface area contributed by atoms with Crippen molar-refractivity contribution in [2.45, 2.75) is 51.5 Å². The van der Waals surface area contributed by atoms with Gasteiger partial charge in [-0.1, -0.05) is 117 Å². The van der Waals surface area contributed by atoms with Crippen molar-refractivity contribution in [1.82, 2.24) is 10.2 Å². The third-order valence-corrected chi connectivity index (χ3v) is 8.75. The minimum Gasteiger partial charge on any atom is -0.445 e. The summed E-state index contributed by atoms with van der Waals surface area (Å²) in [7, 11) is 2.14. The van der Waals surface area contributed by atoms with Crippen molar-refractivity contribution in [1.29, 1.82) is 0 Å². The molecule has 0 saturated carbocycles. The number of aliphatic hydroxyl groups is 1. The fourth-order valence-electron chi connectivity index (χ4n) is 5.81. The second-order valence-corrected chi connectivity index (χ2v) is 11.9. The largest absolute Gasteiger partial charge is 0.445 e. The molecule has 0 radical (unpaired) electrons. The van der Waals surface area contributed by atoms with Gasteiger partial charge in [-0.3, -0.25) is 4.90 Å². The van der Waals surface area contributed by atoms with Crippen LogP contribution in [0.15, 0.2) is 116 Å². The van der Waals surface area contributed by atoms with E-state index in [2.05, 4.69) is 98.4 Å². The van der Waals surface area contributed by atoms with Crippen LogP contribution in [0, 0.1) is 5.92 Å². The molecule has 1 heterocycles. The van der Waals surface area contributed by atoms with E-state index < -0.39 is 12.4 Å². The highest BCUT2D eigenvalue weighted by Crippen LogP contribution is 2.42. The number of alkyl carbamates (subject to hydrolysis) is 1. The van der Waals surface area contributed by atoms with Gasteiger partial charge in [0, 0.05) is 30.6 Å². The van der Waals surface area contributed by atoms with Crippen molar-refractivity contribution in [3.8, 4) is 11.1 Å². The van der Waals surface area contributed by atoms with Crippen LogP contribution in [0.3, 0.4) is 0 Å². The lowest BCUT2D eigenvalue weighted by Crippen LogP contribution is -2.44. The molecule has 240 valence electrons. The van der Waals surface area contributed by atoms with Gasteiger partial charge in [0.2, 0.25) is 0 Å². The standard InChI is InChI=1S/C39H44N2O5/c1-5-22-44-39(43)40-24-30-10-9-13-35(23-30)32-18-20-34(21-19-32)38-45-36(25-41(4)28(3)31-11-7-6-8-12-31)27(2)37(46-38)33-16-14-29(26-42)15-17-33/h5-21,23,27-28,36-38,42H,1,22,24-26H2,2-4H3,(H,40,43)/t27-,28+,36+,37+,38+/m1/s1. The molecule has 1 fully saturated rings. The fraction of sp³-hybridized carbons (Fsp3) is 0.308. The Morgan fingerprint density at radius 2 is 1.65 bits per heavy atom. The molecule has 0 aliphatic carbocycles. The second-order valence-electron chi connectivity index (χ2n) is 11.9. The van der Waals surface area contributed by atoms with E-state index in [-0.39, 0.29) is 37.4 Å². The first-order valence-electron chi connectivity index (χ1n) is 15.8. The Balaban J connectivity index is 1.34. The monoisotopic (exact) mass is 620 g/mol. The first-order valence-corrected chi connectivity index (χ1v) is 15.8. The molecular formula is C39H44N2O5. The third-order valence-electron chi connectivity index (χ3n) is 8.75. The van der Waals surface area contributed by atoms with Crippen LogP contribution < -0.4 is 5.32 Å². The number of likely N-dealkylation sites (N-methyl/N-ethyl adjacent to an activating group) is 1. The molecule has 46 heavy (non-hydrogen) atoms. The number of nitrogens with zero attached hydrogens (tertiary/aromatic N) is 1. The number of benzene rings is 4. The molecule has 0 unspecified atom stereocenters. The number of carbonyl (C=O) groups is 1. The van der Waals surface area contributed by atoms with Gasteiger partial charge in [0.05, 0.1) is 18.8 Å². The summed E-state index contributed by atoms with van der Waals surface area (Å²) >= 11 is 0. The quantitative estimate of drug-likeness (QED) is 0.158.